The standard InChI is InChI=1S/C19H26N4O4/c1-11(2)16-18(25)23-9-8-13(10-15(23)17(24)22-16)21-19(26)20-12-4-6-14(27-3)7-5-12/h4-7,11,13,15-16H,8-10H2,1-3H3,(H,22,24)(H2,20,21,26)/t13-,15-,16-/m0/s1. The third-order valence-corrected chi connectivity index (χ3v) is 5.10. The lowest BCUT2D eigenvalue weighted by Gasteiger charge is -2.44. The van der Waals surface area contributed by atoms with Crippen LogP contribution in [0, 0.1) is 5.92 Å². The van der Waals surface area contributed by atoms with Gasteiger partial charge in [-0.15, -0.1) is 0 Å². The largest absolute Gasteiger partial charge is 0.497 e. The number of methoxy groups -OCH3 is 1. The smallest absolute Gasteiger partial charge is 0.319 e. The van der Waals surface area contributed by atoms with E-state index in [-0.39, 0.29) is 29.8 Å². The van der Waals surface area contributed by atoms with Gasteiger partial charge in [0.15, 0.2) is 0 Å². The number of ether oxygens (including phenoxy) is 1. The van der Waals surface area contributed by atoms with E-state index in [1.165, 1.54) is 0 Å². The first-order valence-corrected chi connectivity index (χ1v) is 9.21. The SMILES string of the molecule is COc1ccc(NC(=O)N[C@H]2CCN3C(=O)[C@H](C(C)C)NC(=O)[C@@H]3C2)cc1. The molecule has 0 radical (unpaired) electrons. The first kappa shape index (κ1) is 19.0. The molecule has 2 saturated heterocycles. The van der Waals surface area contributed by atoms with Crippen molar-refractivity contribution in [3.8, 4) is 5.75 Å². The van der Waals surface area contributed by atoms with Crippen LogP contribution in [0.1, 0.15) is 26.7 Å². The molecule has 2 aliphatic heterocycles. The molecule has 3 N–H and O–H groups in total. The van der Waals surface area contributed by atoms with E-state index in [2.05, 4.69) is 16.0 Å². The summed E-state index contributed by atoms with van der Waals surface area (Å²) < 4.78 is 5.09. The number of urea groups is 1. The Labute approximate surface area is 158 Å². The first-order chi connectivity index (χ1) is 12.9. The molecule has 2 heterocycles. The van der Waals surface area contributed by atoms with Crippen LogP contribution in [0.2, 0.25) is 0 Å². The van der Waals surface area contributed by atoms with Crippen molar-refractivity contribution in [2.45, 2.75) is 44.8 Å². The van der Waals surface area contributed by atoms with Crippen molar-refractivity contribution in [3.63, 3.8) is 0 Å². The maximum atomic E-state index is 12.6. The number of rotatable bonds is 4. The van der Waals surface area contributed by atoms with Crippen molar-refractivity contribution in [2.75, 3.05) is 19.0 Å². The quantitative estimate of drug-likeness (QED) is 0.740. The minimum absolute atomic E-state index is 0.0317. The van der Waals surface area contributed by atoms with E-state index in [1.54, 1.807) is 36.3 Å². The van der Waals surface area contributed by atoms with Gasteiger partial charge in [-0.3, -0.25) is 9.59 Å². The summed E-state index contributed by atoms with van der Waals surface area (Å²) in [5.74, 6) is 0.584. The molecule has 3 atom stereocenters. The van der Waals surface area contributed by atoms with E-state index in [0.29, 0.717) is 30.8 Å². The Bertz CT molecular complexity index is 719. The number of benzene rings is 1. The molecule has 0 unspecified atom stereocenters. The molecule has 1 aromatic rings. The normalized spacial score (nSPS) is 24.9. The Morgan fingerprint density at radius 1 is 1.26 bits per heavy atom. The van der Waals surface area contributed by atoms with Gasteiger partial charge in [-0.05, 0) is 43.0 Å². The Morgan fingerprint density at radius 3 is 2.59 bits per heavy atom. The highest BCUT2D eigenvalue weighted by molar-refractivity contribution is 5.97. The van der Waals surface area contributed by atoms with Gasteiger partial charge in [0.05, 0.1) is 7.11 Å². The Hall–Kier alpha value is -2.77. The number of amides is 4. The summed E-state index contributed by atoms with van der Waals surface area (Å²) in [7, 11) is 1.58. The monoisotopic (exact) mass is 374 g/mol. The molecule has 27 heavy (non-hydrogen) atoms. The Balaban J connectivity index is 1.56. The second kappa shape index (κ2) is 7.85. The number of carbonyl (C=O) groups excluding carboxylic acids is 3. The maximum Gasteiger partial charge on any atom is 0.319 e. The van der Waals surface area contributed by atoms with E-state index in [0.717, 1.165) is 0 Å². The lowest BCUT2D eigenvalue weighted by atomic mass is 9.90. The average molecular weight is 374 g/mol. The second-order valence-corrected chi connectivity index (χ2v) is 7.33. The molecule has 2 aliphatic rings. The molecular weight excluding hydrogens is 348 g/mol. The minimum Gasteiger partial charge on any atom is -0.497 e. The van der Waals surface area contributed by atoms with Crippen molar-refractivity contribution < 1.29 is 19.1 Å². The fourth-order valence-electron chi connectivity index (χ4n) is 3.58. The van der Waals surface area contributed by atoms with Crippen LogP contribution in [0.3, 0.4) is 0 Å². The summed E-state index contributed by atoms with van der Waals surface area (Å²) in [5.41, 5.74) is 0.649. The highest BCUT2D eigenvalue weighted by Crippen LogP contribution is 2.24. The number of nitrogens with one attached hydrogen (secondary N) is 3. The predicted octanol–water partition coefficient (Wildman–Crippen LogP) is 1.33. The number of carbonyl (C=O) groups is 3. The van der Waals surface area contributed by atoms with E-state index < -0.39 is 12.1 Å². The third-order valence-electron chi connectivity index (χ3n) is 5.10. The van der Waals surface area contributed by atoms with Gasteiger partial charge in [0.2, 0.25) is 11.8 Å². The number of anilines is 1. The fourth-order valence-corrected chi connectivity index (χ4v) is 3.58. The number of piperazine rings is 1. The number of hydrogen-bond donors (Lipinski definition) is 3. The number of nitrogens with zero attached hydrogens (tertiary/aromatic N) is 1. The van der Waals surface area contributed by atoms with Gasteiger partial charge < -0.3 is 25.6 Å². The van der Waals surface area contributed by atoms with Gasteiger partial charge in [0.25, 0.3) is 0 Å². The highest BCUT2D eigenvalue weighted by Gasteiger charge is 2.44. The topological polar surface area (TPSA) is 99.8 Å². The maximum absolute atomic E-state index is 12.6. The molecule has 0 saturated carbocycles. The van der Waals surface area contributed by atoms with Crippen LogP contribution >= 0.6 is 0 Å². The predicted molar refractivity (Wildman–Crippen MR) is 100 cm³/mol. The molecule has 0 aliphatic carbocycles. The first-order valence-electron chi connectivity index (χ1n) is 9.21. The molecule has 146 valence electrons. The molecule has 4 amide bonds. The summed E-state index contributed by atoms with van der Waals surface area (Å²) in [5, 5.41) is 8.49. The van der Waals surface area contributed by atoms with E-state index in [4.69, 9.17) is 4.74 Å². The fraction of sp³-hybridized carbons (Fsp3) is 0.526. The molecule has 0 spiro atoms. The summed E-state index contributed by atoms with van der Waals surface area (Å²) in [6.07, 6.45) is 1.04. The van der Waals surface area contributed by atoms with Crippen molar-refractivity contribution in [3.05, 3.63) is 24.3 Å². The molecule has 3 rings (SSSR count). The summed E-state index contributed by atoms with van der Waals surface area (Å²) in [6.45, 7) is 4.30. The summed E-state index contributed by atoms with van der Waals surface area (Å²) >= 11 is 0. The van der Waals surface area contributed by atoms with Crippen molar-refractivity contribution in [2.24, 2.45) is 5.92 Å². The lowest BCUT2D eigenvalue weighted by Crippen LogP contribution is -2.67. The summed E-state index contributed by atoms with van der Waals surface area (Å²) in [4.78, 5) is 38.9. The molecule has 8 nitrogen and oxygen atoms in total. The van der Waals surface area contributed by atoms with E-state index >= 15 is 0 Å². The number of hydrogen-bond acceptors (Lipinski definition) is 4. The van der Waals surface area contributed by atoms with Crippen LogP contribution in [0.15, 0.2) is 24.3 Å². The molecule has 0 aromatic heterocycles. The zero-order valence-corrected chi connectivity index (χ0v) is 15.8. The van der Waals surface area contributed by atoms with Gasteiger partial charge >= 0.3 is 6.03 Å². The minimum atomic E-state index is -0.521. The van der Waals surface area contributed by atoms with Crippen molar-refractivity contribution in [1.29, 1.82) is 0 Å². The average Bonchev–Trinajstić information content (AvgIpc) is 2.65. The Morgan fingerprint density at radius 2 is 1.96 bits per heavy atom. The van der Waals surface area contributed by atoms with Crippen molar-refractivity contribution in [1.82, 2.24) is 15.5 Å². The van der Waals surface area contributed by atoms with Crippen LogP contribution < -0.4 is 20.7 Å². The second-order valence-electron chi connectivity index (χ2n) is 7.33. The zero-order valence-electron chi connectivity index (χ0n) is 15.8. The third kappa shape index (κ3) is 4.15. The summed E-state index contributed by atoms with van der Waals surface area (Å²) in [6, 6.07) is 5.54. The molecule has 8 heteroatoms. The van der Waals surface area contributed by atoms with Gasteiger partial charge in [-0.1, -0.05) is 13.8 Å². The molecule has 0 bridgehead atoms. The van der Waals surface area contributed by atoms with Gasteiger partial charge in [0, 0.05) is 18.3 Å². The van der Waals surface area contributed by atoms with E-state index in [1.807, 2.05) is 13.8 Å². The molecular formula is C19H26N4O4. The van der Waals surface area contributed by atoms with Crippen LogP contribution in [-0.2, 0) is 9.59 Å². The van der Waals surface area contributed by atoms with Crippen LogP contribution in [0.25, 0.3) is 0 Å². The zero-order chi connectivity index (χ0) is 19.6. The molecule has 2 fully saturated rings. The number of piperidine rings is 1. The van der Waals surface area contributed by atoms with Crippen molar-refractivity contribution >= 4 is 23.5 Å². The van der Waals surface area contributed by atoms with Gasteiger partial charge in [-0.2, -0.15) is 0 Å². The Kier molecular flexibility index (Phi) is 5.53. The van der Waals surface area contributed by atoms with Gasteiger partial charge in [-0.25, -0.2) is 4.79 Å². The lowest BCUT2D eigenvalue weighted by molar-refractivity contribution is -0.152. The van der Waals surface area contributed by atoms with Crippen LogP contribution in [0.4, 0.5) is 10.5 Å². The highest BCUT2D eigenvalue weighted by atomic mass is 16.5. The molecule has 1 aromatic carbocycles. The van der Waals surface area contributed by atoms with Gasteiger partial charge in [0.1, 0.15) is 17.8 Å². The van der Waals surface area contributed by atoms with E-state index in [9.17, 15) is 14.4 Å². The van der Waals surface area contributed by atoms with Crippen LogP contribution in [-0.4, -0.2) is 54.5 Å². The number of fused-ring (bicyclic) bond motifs is 1. The van der Waals surface area contributed by atoms with Crippen LogP contribution in [0.5, 0.6) is 5.75 Å².